The van der Waals surface area contributed by atoms with Crippen LogP contribution in [-0.2, 0) is 20.9 Å². The molecular weight excluding hydrogens is 286 g/mol. The van der Waals surface area contributed by atoms with Crippen LogP contribution in [-0.4, -0.2) is 30.5 Å². The van der Waals surface area contributed by atoms with Crippen molar-refractivity contribution in [2.24, 2.45) is 5.73 Å². The second-order valence-electron chi connectivity index (χ2n) is 4.73. The predicted octanol–water partition coefficient (Wildman–Crippen LogP) is 0.683. The highest BCUT2D eigenvalue weighted by Crippen LogP contribution is 2.00. The molecule has 1 unspecified atom stereocenters. The number of carbonyl (C=O) groups is 3. The minimum absolute atomic E-state index is 0.119. The van der Waals surface area contributed by atoms with Gasteiger partial charge < -0.3 is 21.1 Å². The third-order valence-corrected chi connectivity index (χ3v) is 2.86. The van der Waals surface area contributed by atoms with Crippen LogP contribution in [0.1, 0.15) is 25.3 Å². The lowest BCUT2D eigenvalue weighted by Crippen LogP contribution is -2.47. The fraction of sp³-hybridized carbons (Fsp3) is 0.400. The molecule has 4 N–H and O–H groups in total. The van der Waals surface area contributed by atoms with Crippen LogP contribution in [0.5, 0.6) is 0 Å². The number of hydrogen-bond acceptors (Lipinski definition) is 4. The molecule has 0 aliphatic heterocycles. The minimum atomic E-state index is -0.723. The van der Waals surface area contributed by atoms with E-state index in [1.165, 1.54) is 0 Å². The first kappa shape index (κ1) is 17.5. The van der Waals surface area contributed by atoms with Crippen LogP contribution >= 0.6 is 0 Å². The molecule has 0 bridgehead atoms. The molecule has 0 heterocycles. The minimum Gasteiger partial charge on any atom is -0.445 e. The van der Waals surface area contributed by atoms with E-state index in [0.717, 1.165) is 5.56 Å². The Morgan fingerprint density at radius 2 is 1.91 bits per heavy atom. The average molecular weight is 307 g/mol. The van der Waals surface area contributed by atoms with Gasteiger partial charge in [-0.15, -0.1) is 0 Å². The van der Waals surface area contributed by atoms with Crippen LogP contribution < -0.4 is 16.4 Å². The maximum atomic E-state index is 11.6. The Labute approximate surface area is 129 Å². The third kappa shape index (κ3) is 6.74. The van der Waals surface area contributed by atoms with Crippen LogP contribution in [0.4, 0.5) is 4.79 Å². The summed E-state index contributed by atoms with van der Waals surface area (Å²) in [6.07, 6.45) is 0.463. The van der Waals surface area contributed by atoms with Gasteiger partial charge >= 0.3 is 6.09 Å². The molecule has 0 saturated carbocycles. The van der Waals surface area contributed by atoms with Gasteiger partial charge in [-0.3, -0.25) is 9.59 Å². The zero-order valence-electron chi connectivity index (χ0n) is 12.5. The summed E-state index contributed by atoms with van der Waals surface area (Å²) in [5.74, 6) is -1.09. The number of nitrogens with two attached hydrogens (primary N) is 1. The number of rotatable bonds is 8. The molecule has 0 saturated heterocycles. The zero-order valence-corrected chi connectivity index (χ0v) is 12.5. The molecular formula is C15H21N3O4. The molecule has 0 fully saturated rings. The number of alkyl carbamates (subject to hydrolysis) is 1. The monoisotopic (exact) mass is 307 g/mol. The molecule has 0 aliphatic carbocycles. The number of amides is 3. The van der Waals surface area contributed by atoms with E-state index >= 15 is 0 Å². The van der Waals surface area contributed by atoms with Crippen LogP contribution in [0, 0.1) is 0 Å². The van der Waals surface area contributed by atoms with Gasteiger partial charge in [-0.2, -0.15) is 0 Å². The van der Waals surface area contributed by atoms with Gasteiger partial charge in [-0.25, -0.2) is 4.79 Å². The topological polar surface area (TPSA) is 111 Å². The molecule has 7 nitrogen and oxygen atoms in total. The SMILES string of the molecule is CCCC(NC(=O)CNC(=O)OCc1ccccc1)C(N)=O. The number of hydrogen-bond donors (Lipinski definition) is 3. The van der Waals surface area contributed by atoms with Gasteiger partial charge in [-0.1, -0.05) is 43.7 Å². The molecule has 0 aliphatic rings. The van der Waals surface area contributed by atoms with E-state index in [1.54, 1.807) is 0 Å². The van der Waals surface area contributed by atoms with Crippen molar-refractivity contribution in [1.82, 2.24) is 10.6 Å². The number of nitrogens with one attached hydrogen (secondary N) is 2. The highest BCUT2D eigenvalue weighted by Gasteiger charge is 2.17. The first-order valence-electron chi connectivity index (χ1n) is 7.06. The Hall–Kier alpha value is -2.57. The van der Waals surface area contributed by atoms with E-state index in [-0.39, 0.29) is 13.2 Å². The van der Waals surface area contributed by atoms with Crippen molar-refractivity contribution in [2.75, 3.05) is 6.54 Å². The van der Waals surface area contributed by atoms with E-state index in [4.69, 9.17) is 10.5 Å². The Morgan fingerprint density at radius 1 is 1.23 bits per heavy atom. The van der Waals surface area contributed by atoms with Gasteiger partial charge in [0.05, 0.1) is 0 Å². The number of primary amides is 1. The molecule has 3 amide bonds. The van der Waals surface area contributed by atoms with Gasteiger partial charge in [0.25, 0.3) is 0 Å². The molecule has 0 spiro atoms. The Kier molecular flexibility index (Phi) is 7.45. The van der Waals surface area contributed by atoms with E-state index in [2.05, 4.69) is 10.6 Å². The van der Waals surface area contributed by atoms with E-state index < -0.39 is 23.9 Å². The molecule has 1 aromatic carbocycles. The number of ether oxygens (including phenoxy) is 1. The number of benzene rings is 1. The summed E-state index contributed by atoms with van der Waals surface area (Å²) in [5.41, 5.74) is 6.02. The lowest BCUT2D eigenvalue weighted by molar-refractivity contribution is -0.127. The largest absolute Gasteiger partial charge is 0.445 e. The first-order valence-corrected chi connectivity index (χ1v) is 7.06. The maximum Gasteiger partial charge on any atom is 0.407 e. The Morgan fingerprint density at radius 3 is 2.50 bits per heavy atom. The fourth-order valence-corrected chi connectivity index (χ4v) is 1.75. The van der Waals surface area contributed by atoms with Crippen molar-refractivity contribution in [3.63, 3.8) is 0 Å². The Balaban J connectivity index is 2.28. The molecule has 120 valence electrons. The Bertz CT molecular complexity index is 505. The highest BCUT2D eigenvalue weighted by atomic mass is 16.5. The zero-order chi connectivity index (χ0) is 16.4. The second kappa shape index (κ2) is 9.38. The standard InChI is InChI=1S/C15H21N3O4/c1-2-6-12(14(16)20)18-13(19)9-17-15(21)22-10-11-7-4-3-5-8-11/h3-5,7-8,12H,2,6,9-10H2,1H3,(H2,16,20)(H,17,21)(H,18,19). The molecule has 7 heteroatoms. The number of carbonyl (C=O) groups excluding carboxylic acids is 3. The van der Waals surface area contributed by atoms with Crippen LogP contribution in [0.2, 0.25) is 0 Å². The van der Waals surface area contributed by atoms with Crippen molar-refractivity contribution in [3.05, 3.63) is 35.9 Å². The van der Waals surface area contributed by atoms with Crippen molar-refractivity contribution in [1.29, 1.82) is 0 Å². The van der Waals surface area contributed by atoms with E-state index in [1.807, 2.05) is 37.3 Å². The average Bonchev–Trinajstić information content (AvgIpc) is 2.51. The summed E-state index contributed by atoms with van der Waals surface area (Å²) in [6.45, 7) is 1.72. The first-order chi connectivity index (χ1) is 10.5. The second-order valence-corrected chi connectivity index (χ2v) is 4.73. The predicted molar refractivity (Wildman–Crippen MR) is 80.7 cm³/mol. The summed E-state index contributed by atoms with van der Waals surface area (Å²) < 4.78 is 4.96. The van der Waals surface area contributed by atoms with E-state index in [0.29, 0.717) is 12.8 Å². The van der Waals surface area contributed by atoms with Gasteiger partial charge in [-0.05, 0) is 12.0 Å². The summed E-state index contributed by atoms with van der Waals surface area (Å²) in [6, 6.07) is 8.45. The normalized spacial score (nSPS) is 11.3. The van der Waals surface area contributed by atoms with Crippen LogP contribution in [0.3, 0.4) is 0 Å². The van der Waals surface area contributed by atoms with Crippen molar-refractivity contribution in [3.8, 4) is 0 Å². The van der Waals surface area contributed by atoms with E-state index in [9.17, 15) is 14.4 Å². The molecule has 22 heavy (non-hydrogen) atoms. The van der Waals surface area contributed by atoms with Crippen molar-refractivity contribution < 1.29 is 19.1 Å². The quantitative estimate of drug-likeness (QED) is 0.656. The summed E-state index contributed by atoms with van der Waals surface area (Å²) in [5, 5.41) is 4.78. The van der Waals surface area contributed by atoms with Gasteiger partial charge in [0.15, 0.2) is 0 Å². The highest BCUT2D eigenvalue weighted by molar-refractivity contribution is 5.88. The summed E-state index contributed by atoms with van der Waals surface area (Å²) >= 11 is 0. The molecule has 1 aromatic rings. The molecule has 0 radical (unpaired) electrons. The third-order valence-electron chi connectivity index (χ3n) is 2.86. The van der Waals surface area contributed by atoms with Gasteiger partial charge in [0, 0.05) is 0 Å². The summed E-state index contributed by atoms with van der Waals surface area (Å²) in [7, 11) is 0. The maximum absolute atomic E-state index is 11.6. The molecule has 1 rings (SSSR count). The smallest absolute Gasteiger partial charge is 0.407 e. The van der Waals surface area contributed by atoms with Gasteiger partial charge in [0.1, 0.15) is 19.2 Å². The lowest BCUT2D eigenvalue weighted by atomic mass is 10.1. The van der Waals surface area contributed by atoms with Gasteiger partial charge in [0.2, 0.25) is 11.8 Å². The van der Waals surface area contributed by atoms with Crippen molar-refractivity contribution in [2.45, 2.75) is 32.4 Å². The molecule has 1 atom stereocenters. The van der Waals surface area contributed by atoms with Crippen LogP contribution in [0.25, 0.3) is 0 Å². The molecule has 0 aromatic heterocycles. The van der Waals surface area contributed by atoms with Crippen LogP contribution in [0.15, 0.2) is 30.3 Å². The van der Waals surface area contributed by atoms with Crippen molar-refractivity contribution >= 4 is 17.9 Å². The summed E-state index contributed by atoms with van der Waals surface area (Å²) in [4.78, 5) is 34.2. The lowest BCUT2D eigenvalue weighted by Gasteiger charge is -2.14. The fourth-order valence-electron chi connectivity index (χ4n) is 1.75.